The molecule has 0 fully saturated rings. The summed E-state index contributed by atoms with van der Waals surface area (Å²) >= 11 is 0. The SMILES string of the molecule is CCN(CC(C)C)CC(O)c1ccc(C#N)cc1. The molecule has 0 aliphatic carbocycles. The summed E-state index contributed by atoms with van der Waals surface area (Å²) in [6.45, 7) is 9.03. The van der Waals surface area contributed by atoms with Crippen molar-refractivity contribution in [3.05, 3.63) is 35.4 Å². The number of hydrogen-bond donors (Lipinski definition) is 1. The fourth-order valence-electron chi connectivity index (χ4n) is 1.98. The summed E-state index contributed by atoms with van der Waals surface area (Å²) in [4.78, 5) is 2.24. The first kappa shape index (κ1) is 14.7. The molecule has 0 radical (unpaired) electrons. The fraction of sp³-hybridized carbons (Fsp3) is 0.533. The van der Waals surface area contributed by atoms with Gasteiger partial charge in [-0.05, 0) is 30.2 Å². The van der Waals surface area contributed by atoms with E-state index in [-0.39, 0.29) is 0 Å². The number of aliphatic hydroxyl groups excluding tert-OH is 1. The maximum absolute atomic E-state index is 10.2. The third kappa shape index (κ3) is 4.48. The predicted molar refractivity (Wildman–Crippen MR) is 73.1 cm³/mol. The zero-order chi connectivity index (χ0) is 13.5. The van der Waals surface area contributed by atoms with Gasteiger partial charge < -0.3 is 10.0 Å². The lowest BCUT2D eigenvalue weighted by Crippen LogP contribution is -2.31. The largest absolute Gasteiger partial charge is 0.387 e. The van der Waals surface area contributed by atoms with Crippen molar-refractivity contribution >= 4 is 0 Å². The Balaban J connectivity index is 2.62. The van der Waals surface area contributed by atoms with Gasteiger partial charge in [-0.3, -0.25) is 0 Å². The summed E-state index contributed by atoms with van der Waals surface area (Å²) in [7, 11) is 0. The lowest BCUT2D eigenvalue weighted by atomic mass is 10.1. The lowest BCUT2D eigenvalue weighted by molar-refractivity contribution is 0.109. The summed E-state index contributed by atoms with van der Waals surface area (Å²) < 4.78 is 0. The molecule has 0 saturated carbocycles. The maximum atomic E-state index is 10.2. The smallest absolute Gasteiger partial charge is 0.0991 e. The molecule has 0 bridgehead atoms. The lowest BCUT2D eigenvalue weighted by Gasteiger charge is -2.25. The second-order valence-corrected chi connectivity index (χ2v) is 5.00. The van der Waals surface area contributed by atoms with Crippen LogP contribution >= 0.6 is 0 Å². The molecule has 0 heterocycles. The van der Waals surface area contributed by atoms with Crippen molar-refractivity contribution in [2.75, 3.05) is 19.6 Å². The van der Waals surface area contributed by atoms with Gasteiger partial charge in [0.15, 0.2) is 0 Å². The maximum Gasteiger partial charge on any atom is 0.0991 e. The van der Waals surface area contributed by atoms with Gasteiger partial charge in [-0.2, -0.15) is 5.26 Å². The van der Waals surface area contributed by atoms with Gasteiger partial charge in [0, 0.05) is 13.1 Å². The summed E-state index contributed by atoms with van der Waals surface area (Å²) in [5.41, 5.74) is 1.50. The van der Waals surface area contributed by atoms with E-state index < -0.39 is 6.10 Å². The second kappa shape index (κ2) is 7.15. The molecule has 1 N–H and O–H groups in total. The van der Waals surface area contributed by atoms with Gasteiger partial charge in [-0.1, -0.05) is 32.9 Å². The monoisotopic (exact) mass is 246 g/mol. The van der Waals surface area contributed by atoms with Crippen LogP contribution in [-0.2, 0) is 0 Å². The van der Waals surface area contributed by atoms with Gasteiger partial charge in [0.25, 0.3) is 0 Å². The zero-order valence-electron chi connectivity index (χ0n) is 11.4. The van der Waals surface area contributed by atoms with E-state index in [4.69, 9.17) is 5.26 Å². The Bertz CT molecular complexity index is 392. The Morgan fingerprint density at radius 3 is 2.28 bits per heavy atom. The molecule has 0 amide bonds. The van der Waals surface area contributed by atoms with Gasteiger partial charge >= 0.3 is 0 Å². The topological polar surface area (TPSA) is 47.3 Å². The van der Waals surface area contributed by atoms with E-state index in [1.807, 2.05) is 12.1 Å². The van der Waals surface area contributed by atoms with Crippen molar-refractivity contribution < 1.29 is 5.11 Å². The molecule has 18 heavy (non-hydrogen) atoms. The number of likely N-dealkylation sites (N-methyl/N-ethyl adjacent to an activating group) is 1. The first-order chi connectivity index (χ1) is 8.56. The summed E-state index contributed by atoms with van der Waals surface area (Å²) in [6.07, 6.45) is -0.489. The van der Waals surface area contributed by atoms with Crippen LogP contribution < -0.4 is 0 Å². The van der Waals surface area contributed by atoms with Crippen LogP contribution in [0, 0.1) is 17.2 Å². The molecule has 3 heteroatoms. The van der Waals surface area contributed by atoms with Gasteiger partial charge in [0.05, 0.1) is 17.7 Å². The van der Waals surface area contributed by atoms with Crippen molar-refractivity contribution in [3.63, 3.8) is 0 Å². The van der Waals surface area contributed by atoms with Crippen molar-refractivity contribution in [1.82, 2.24) is 4.90 Å². The number of benzene rings is 1. The summed E-state index contributed by atoms with van der Waals surface area (Å²) in [6, 6.07) is 9.23. The Kier molecular flexibility index (Phi) is 5.84. The second-order valence-electron chi connectivity index (χ2n) is 5.00. The number of nitriles is 1. The first-order valence-corrected chi connectivity index (χ1v) is 6.47. The van der Waals surface area contributed by atoms with Gasteiger partial charge in [0.2, 0.25) is 0 Å². The van der Waals surface area contributed by atoms with E-state index in [1.54, 1.807) is 12.1 Å². The van der Waals surface area contributed by atoms with Crippen LogP contribution in [0.3, 0.4) is 0 Å². The molecule has 0 aliphatic heterocycles. The van der Waals surface area contributed by atoms with E-state index in [2.05, 4.69) is 31.7 Å². The predicted octanol–water partition coefficient (Wildman–Crippen LogP) is 2.57. The molecule has 0 aromatic heterocycles. The molecule has 0 saturated heterocycles. The Hall–Kier alpha value is -1.37. The molecule has 0 spiro atoms. The molecule has 3 nitrogen and oxygen atoms in total. The molecule has 98 valence electrons. The zero-order valence-corrected chi connectivity index (χ0v) is 11.4. The minimum atomic E-state index is -0.489. The highest BCUT2D eigenvalue weighted by Gasteiger charge is 2.13. The van der Waals surface area contributed by atoms with Crippen LogP contribution in [0.15, 0.2) is 24.3 Å². The minimum absolute atomic E-state index is 0.489. The average molecular weight is 246 g/mol. The van der Waals surface area contributed by atoms with Crippen molar-refractivity contribution in [2.45, 2.75) is 26.9 Å². The highest BCUT2D eigenvalue weighted by atomic mass is 16.3. The molecular weight excluding hydrogens is 224 g/mol. The van der Waals surface area contributed by atoms with E-state index in [9.17, 15) is 5.11 Å². The van der Waals surface area contributed by atoms with E-state index in [1.165, 1.54) is 0 Å². The Morgan fingerprint density at radius 2 is 1.83 bits per heavy atom. The third-order valence-corrected chi connectivity index (χ3v) is 2.93. The van der Waals surface area contributed by atoms with Crippen LogP contribution in [0.4, 0.5) is 0 Å². The first-order valence-electron chi connectivity index (χ1n) is 6.47. The Morgan fingerprint density at radius 1 is 1.22 bits per heavy atom. The number of rotatable bonds is 6. The minimum Gasteiger partial charge on any atom is -0.387 e. The van der Waals surface area contributed by atoms with Crippen LogP contribution in [0.2, 0.25) is 0 Å². The fourth-order valence-corrected chi connectivity index (χ4v) is 1.98. The van der Waals surface area contributed by atoms with Crippen LogP contribution in [0.25, 0.3) is 0 Å². The van der Waals surface area contributed by atoms with Crippen LogP contribution in [0.5, 0.6) is 0 Å². The van der Waals surface area contributed by atoms with E-state index in [0.717, 1.165) is 18.7 Å². The van der Waals surface area contributed by atoms with Crippen LogP contribution in [-0.4, -0.2) is 29.6 Å². The number of hydrogen-bond acceptors (Lipinski definition) is 3. The van der Waals surface area contributed by atoms with Crippen molar-refractivity contribution in [3.8, 4) is 6.07 Å². The molecule has 1 atom stereocenters. The molecule has 1 unspecified atom stereocenters. The summed E-state index contributed by atoms with van der Waals surface area (Å²) in [5.74, 6) is 0.595. The van der Waals surface area contributed by atoms with Crippen molar-refractivity contribution in [1.29, 1.82) is 5.26 Å². The molecule has 1 rings (SSSR count). The normalized spacial score (nSPS) is 12.7. The molecule has 0 aliphatic rings. The third-order valence-electron chi connectivity index (χ3n) is 2.93. The standard InChI is InChI=1S/C15H22N2O/c1-4-17(10-12(2)3)11-15(18)14-7-5-13(9-16)6-8-14/h5-8,12,15,18H,4,10-11H2,1-3H3. The van der Waals surface area contributed by atoms with E-state index in [0.29, 0.717) is 18.0 Å². The van der Waals surface area contributed by atoms with E-state index >= 15 is 0 Å². The number of nitrogens with zero attached hydrogens (tertiary/aromatic N) is 2. The van der Waals surface area contributed by atoms with Gasteiger partial charge in [0.1, 0.15) is 0 Å². The Labute approximate surface area is 110 Å². The number of aliphatic hydroxyl groups is 1. The van der Waals surface area contributed by atoms with Crippen molar-refractivity contribution in [2.24, 2.45) is 5.92 Å². The average Bonchev–Trinajstić information content (AvgIpc) is 2.37. The molecule has 1 aromatic carbocycles. The summed E-state index contributed by atoms with van der Waals surface area (Å²) in [5, 5.41) is 18.9. The molecular formula is C15H22N2O. The highest BCUT2D eigenvalue weighted by molar-refractivity contribution is 5.32. The highest BCUT2D eigenvalue weighted by Crippen LogP contribution is 2.15. The quantitative estimate of drug-likeness (QED) is 0.839. The van der Waals surface area contributed by atoms with Gasteiger partial charge in [-0.25, -0.2) is 0 Å². The van der Waals surface area contributed by atoms with Crippen LogP contribution in [0.1, 0.15) is 38.0 Å². The van der Waals surface area contributed by atoms with Gasteiger partial charge in [-0.15, -0.1) is 0 Å². The molecule has 1 aromatic rings.